The van der Waals surface area contributed by atoms with Crippen LogP contribution in [0.25, 0.3) is 0 Å². The molecule has 1 aliphatic heterocycles. The first-order valence-corrected chi connectivity index (χ1v) is 10.1. The Morgan fingerprint density at radius 1 is 1.19 bits per heavy atom. The van der Waals surface area contributed by atoms with Gasteiger partial charge in [0.05, 0.1) is 6.10 Å². The van der Waals surface area contributed by atoms with E-state index in [4.69, 9.17) is 9.47 Å². The molecule has 6 heteroatoms. The Balaban J connectivity index is 1.46. The van der Waals surface area contributed by atoms with Crippen molar-refractivity contribution < 1.29 is 19.4 Å². The second-order valence-corrected chi connectivity index (χ2v) is 7.65. The number of benzene rings is 1. The molecule has 3 N–H and O–H groups in total. The number of phenols is 1. The molecule has 1 heterocycles. The van der Waals surface area contributed by atoms with Crippen molar-refractivity contribution in [1.29, 1.82) is 0 Å². The minimum atomic E-state index is 0.0357. The Kier molecular flexibility index (Phi) is 7.50. The van der Waals surface area contributed by atoms with E-state index in [1.165, 1.54) is 0 Å². The van der Waals surface area contributed by atoms with Gasteiger partial charge in [0, 0.05) is 44.9 Å². The molecule has 0 aromatic heterocycles. The van der Waals surface area contributed by atoms with Gasteiger partial charge in [0.2, 0.25) is 5.91 Å². The Morgan fingerprint density at radius 2 is 1.93 bits per heavy atom. The van der Waals surface area contributed by atoms with E-state index in [0.29, 0.717) is 12.6 Å². The highest BCUT2D eigenvalue weighted by molar-refractivity contribution is 5.78. The fourth-order valence-electron chi connectivity index (χ4n) is 4.14. The quantitative estimate of drug-likeness (QED) is 0.678. The smallest absolute Gasteiger partial charge is 0.223 e. The third kappa shape index (κ3) is 5.92. The molecular weight excluding hydrogens is 344 g/mol. The standard InChI is InChI=1S/C21H32N2O4/c1-26-20-7-4-16(14-19(20)23-17-9-12-27-13-10-17)21(25)22-11-8-15-2-5-18(24)6-3-15/h2-3,5-6,16-17,19-20,23-24H,4,7-14H2,1H3,(H,22,25)/t16-,19+,20+/m0/s1. The summed E-state index contributed by atoms with van der Waals surface area (Å²) in [5.41, 5.74) is 1.11. The molecule has 1 aromatic carbocycles. The van der Waals surface area contributed by atoms with Crippen LogP contribution in [0.3, 0.4) is 0 Å². The van der Waals surface area contributed by atoms with Crippen molar-refractivity contribution in [3.05, 3.63) is 29.8 Å². The molecule has 1 amide bonds. The van der Waals surface area contributed by atoms with Gasteiger partial charge in [0.1, 0.15) is 5.75 Å². The number of nitrogens with one attached hydrogen (secondary N) is 2. The molecule has 2 fully saturated rings. The summed E-state index contributed by atoms with van der Waals surface area (Å²) in [6.07, 6.45) is 5.59. The average molecular weight is 376 g/mol. The molecule has 27 heavy (non-hydrogen) atoms. The van der Waals surface area contributed by atoms with Gasteiger partial charge in [-0.25, -0.2) is 0 Å². The summed E-state index contributed by atoms with van der Waals surface area (Å²) >= 11 is 0. The summed E-state index contributed by atoms with van der Waals surface area (Å²) in [5, 5.41) is 16.1. The lowest BCUT2D eigenvalue weighted by molar-refractivity contribution is -0.127. The summed E-state index contributed by atoms with van der Waals surface area (Å²) in [7, 11) is 1.77. The Hall–Kier alpha value is -1.63. The number of carbonyl (C=O) groups is 1. The lowest BCUT2D eigenvalue weighted by Crippen LogP contribution is -2.52. The number of phenolic OH excluding ortho intramolecular Hbond substituents is 1. The van der Waals surface area contributed by atoms with Crippen molar-refractivity contribution in [2.24, 2.45) is 5.92 Å². The maximum Gasteiger partial charge on any atom is 0.223 e. The van der Waals surface area contributed by atoms with Crippen LogP contribution < -0.4 is 10.6 Å². The lowest BCUT2D eigenvalue weighted by atomic mass is 9.82. The number of carbonyl (C=O) groups excluding carboxylic acids is 1. The highest BCUT2D eigenvalue weighted by Gasteiger charge is 2.35. The van der Waals surface area contributed by atoms with Crippen molar-refractivity contribution in [3.63, 3.8) is 0 Å². The fourth-order valence-corrected chi connectivity index (χ4v) is 4.14. The third-order valence-corrected chi connectivity index (χ3v) is 5.78. The molecule has 0 radical (unpaired) electrons. The van der Waals surface area contributed by atoms with Crippen LogP contribution in [-0.2, 0) is 20.7 Å². The second kappa shape index (κ2) is 10.1. The number of hydrogen-bond donors (Lipinski definition) is 3. The normalized spacial score (nSPS) is 26.6. The van der Waals surface area contributed by atoms with E-state index in [9.17, 15) is 9.90 Å². The molecule has 0 unspecified atom stereocenters. The molecule has 1 aromatic rings. The first-order chi connectivity index (χ1) is 13.2. The zero-order valence-electron chi connectivity index (χ0n) is 16.2. The Morgan fingerprint density at radius 3 is 2.63 bits per heavy atom. The zero-order chi connectivity index (χ0) is 19.1. The van der Waals surface area contributed by atoms with Gasteiger partial charge in [-0.1, -0.05) is 12.1 Å². The van der Waals surface area contributed by atoms with Gasteiger partial charge < -0.3 is 25.2 Å². The minimum Gasteiger partial charge on any atom is -0.508 e. The highest BCUT2D eigenvalue weighted by Crippen LogP contribution is 2.28. The number of ether oxygens (including phenoxy) is 2. The van der Waals surface area contributed by atoms with Crippen molar-refractivity contribution in [1.82, 2.24) is 10.6 Å². The molecule has 150 valence electrons. The molecule has 1 aliphatic carbocycles. The van der Waals surface area contributed by atoms with Crippen LogP contribution in [0, 0.1) is 5.92 Å². The molecule has 2 aliphatic rings. The van der Waals surface area contributed by atoms with E-state index in [-0.39, 0.29) is 29.7 Å². The number of methoxy groups -OCH3 is 1. The third-order valence-electron chi connectivity index (χ3n) is 5.78. The number of rotatable bonds is 7. The van der Waals surface area contributed by atoms with Gasteiger partial charge in [0.25, 0.3) is 0 Å². The van der Waals surface area contributed by atoms with Crippen molar-refractivity contribution >= 4 is 5.91 Å². The van der Waals surface area contributed by atoms with E-state index in [2.05, 4.69) is 10.6 Å². The Bertz CT molecular complexity index is 586. The predicted molar refractivity (Wildman–Crippen MR) is 104 cm³/mol. The van der Waals surface area contributed by atoms with E-state index < -0.39 is 0 Å². The van der Waals surface area contributed by atoms with E-state index in [1.54, 1.807) is 19.2 Å². The monoisotopic (exact) mass is 376 g/mol. The molecule has 1 saturated heterocycles. The second-order valence-electron chi connectivity index (χ2n) is 7.65. The topological polar surface area (TPSA) is 79.8 Å². The molecule has 3 rings (SSSR count). The number of amides is 1. The number of hydrogen-bond acceptors (Lipinski definition) is 5. The maximum atomic E-state index is 12.6. The summed E-state index contributed by atoms with van der Waals surface area (Å²) in [6.45, 7) is 2.23. The largest absolute Gasteiger partial charge is 0.508 e. The van der Waals surface area contributed by atoms with Crippen LogP contribution in [0.15, 0.2) is 24.3 Å². The van der Waals surface area contributed by atoms with Crippen molar-refractivity contribution in [2.45, 2.75) is 56.7 Å². The predicted octanol–water partition coefficient (Wildman–Crippen LogP) is 2.00. The van der Waals surface area contributed by atoms with Crippen LogP contribution in [0.1, 0.15) is 37.7 Å². The van der Waals surface area contributed by atoms with E-state index >= 15 is 0 Å². The van der Waals surface area contributed by atoms with Crippen LogP contribution in [-0.4, -0.2) is 56.1 Å². The number of aromatic hydroxyl groups is 1. The van der Waals surface area contributed by atoms with Gasteiger partial charge in [0.15, 0.2) is 0 Å². The first kappa shape index (κ1) is 20.1. The fraction of sp³-hybridized carbons (Fsp3) is 0.667. The minimum absolute atomic E-state index is 0.0357. The summed E-state index contributed by atoms with van der Waals surface area (Å²) < 4.78 is 11.1. The first-order valence-electron chi connectivity index (χ1n) is 10.1. The van der Waals surface area contributed by atoms with Crippen LogP contribution >= 0.6 is 0 Å². The summed E-state index contributed by atoms with van der Waals surface area (Å²) in [5.74, 6) is 0.441. The molecule has 0 bridgehead atoms. The molecule has 0 spiro atoms. The molecule has 1 saturated carbocycles. The van der Waals surface area contributed by atoms with Gasteiger partial charge >= 0.3 is 0 Å². The van der Waals surface area contributed by atoms with Gasteiger partial charge in [-0.2, -0.15) is 0 Å². The SMILES string of the molecule is CO[C@@H]1CC[C@H](C(=O)NCCc2ccc(O)cc2)C[C@H]1NC1CCOCC1. The average Bonchev–Trinajstić information content (AvgIpc) is 2.70. The maximum absolute atomic E-state index is 12.6. The van der Waals surface area contributed by atoms with Crippen LogP contribution in [0.4, 0.5) is 0 Å². The van der Waals surface area contributed by atoms with Crippen LogP contribution in [0.5, 0.6) is 5.75 Å². The molecule has 6 nitrogen and oxygen atoms in total. The summed E-state index contributed by atoms with van der Waals surface area (Å²) in [4.78, 5) is 12.6. The highest BCUT2D eigenvalue weighted by atomic mass is 16.5. The van der Waals surface area contributed by atoms with Crippen molar-refractivity contribution in [2.75, 3.05) is 26.9 Å². The Labute approximate surface area is 161 Å². The zero-order valence-corrected chi connectivity index (χ0v) is 16.2. The van der Waals surface area contributed by atoms with E-state index in [1.807, 2.05) is 12.1 Å². The lowest BCUT2D eigenvalue weighted by Gasteiger charge is -2.38. The molecular formula is C21H32N2O4. The summed E-state index contributed by atoms with van der Waals surface area (Å²) in [6, 6.07) is 7.81. The van der Waals surface area contributed by atoms with Crippen LogP contribution in [0.2, 0.25) is 0 Å². The molecule has 3 atom stereocenters. The van der Waals surface area contributed by atoms with Crippen molar-refractivity contribution in [3.8, 4) is 5.75 Å². The van der Waals surface area contributed by atoms with E-state index in [0.717, 1.165) is 57.3 Å². The van der Waals surface area contributed by atoms with Gasteiger partial charge in [-0.05, 0) is 56.2 Å². The van der Waals surface area contributed by atoms with Gasteiger partial charge in [-0.15, -0.1) is 0 Å². The van der Waals surface area contributed by atoms with Gasteiger partial charge in [-0.3, -0.25) is 4.79 Å².